The average molecular weight is 218 g/mol. The van der Waals surface area contributed by atoms with E-state index in [0.717, 1.165) is 5.56 Å². The standard InChI is InChI=1S/C12H18N4/c1-9(2)16(8-14-4)10(3)11-6-5-7-15-12(11)13/h5-7,9-10H,8H2,1-3H3,(H2,13,15). The molecule has 0 aromatic carbocycles. The minimum absolute atomic E-state index is 0.114. The molecule has 16 heavy (non-hydrogen) atoms. The van der Waals surface area contributed by atoms with E-state index in [9.17, 15) is 0 Å². The summed E-state index contributed by atoms with van der Waals surface area (Å²) in [6.45, 7) is 13.6. The van der Waals surface area contributed by atoms with Crippen LogP contribution in [0, 0.1) is 6.57 Å². The monoisotopic (exact) mass is 218 g/mol. The van der Waals surface area contributed by atoms with Crippen molar-refractivity contribution in [3.63, 3.8) is 0 Å². The lowest BCUT2D eigenvalue weighted by Gasteiger charge is -2.28. The van der Waals surface area contributed by atoms with E-state index in [4.69, 9.17) is 12.3 Å². The van der Waals surface area contributed by atoms with Gasteiger partial charge in [0, 0.05) is 23.8 Å². The van der Waals surface area contributed by atoms with Crippen molar-refractivity contribution in [3.05, 3.63) is 35.3 Å². The molecule has 1 atom stereocenters. The molecule has 0 saturated heterocycles. The number of rotatable bonds is 4. The summed E-state index contributed by atoms with van der Waals surface area (Å²) >= 11 is 0. The largest absolute Gasteiger partial charge is 0.383 e. The smallest absolute Gasteiger partial charge is 0.271 e. The van der Waals surface area contributed by atoms with Crippen molar-refractivity contribution in [2.24, 2.45) is 0 Å². The maximum Gasteiger partial charge on any atom is 0.271 e. The molecule has 0 fully saturated rings. The molecule has 4 heteroatoms. The van der Waals surface area contributed by atoms with Gasteiger partial charge in [0.1, 0.15) is 5.82 Å². The van der Waals surface area contributed by atoms with Crippen molar-refractivity contribution < 1.29 is 0 Å². The number of hydrogen-bond acceptors (Lipinski definition) is 3. The normalized spacial score (nSPS) is 12.8. The Labute approximate surface area is 96.9 Å². The maximum absolute atomic E-state index is 6.97. The van der Waals surface area contributed by atoms with Gasteiger partial charge in [-0.3, -0.25) is 4.85 Å². The first-order chi connectivity index (χ1) is 7.57. The van der Waals surface area contributed by atoms with Crippen LogP contribution in [0.25, 0.3) is 4.85 Å². The van der Waals surface area contributed by atoms with Crippen molar-refractivity contribution >= 4 is 5.82 Å². The van der Waals surface area contributed by atoms with Crippen LogP contribution in [0.2, 0.25) is 0 Å². The predicted molar refractivity (Wildman–Crippen MR) is 65.5 cm³/mol. The molecule has 0 radical (unpaired) electrons. The topological polar surface area (TPSA) is 46.5 Å². The summed E-state index contributed by atoms with van der Waals surface area (Å²) in [5, 5.41) is 0. The van der Waals surface area contributed by atoms with Crippen LogP contribution in [0.5, 0.6) is 0 Å². The molecule has 1 aromatic heterocycles. The van der Waals surface area contributed by atoms with E-state index >= 15 is 0 Å². The second kappa shape index (κ2) is 5.47. The Bertz CT molecular complexity index is 381. The first kappa shape index (κ1) is 12.5. The molecule has 1 heterocycles. The Morgan fingerprint density at radius 3 is 2.69 bits per heavy atom. The number of pyridine rings is 1. The molecule has 4 nitrogen and oxygen atoms in total. The second-order valence-electron chi connectivity index (χ2n) is 4.06. The number of nitrogens with zero attached hydrogens (tertiary/aromatic N) is 3. The number of hydrogen-bond donors (Lipinski definition) is 1. The average Bonchev–Trinajstić information content (AvgIpc) is 2.25. The highest BCUT2D eigenvalue weighted by atomic mass is 15.2. The third kappa shape index (κ3) is 2.71. The first-order valence-electron chi connectivity index (χ1n) is 5.37. The van der Waals surface area contributed by atoms with E-state index in [1.54, 1.807) is 6.20 Å². The molecule has 2 N–H and O–H groups in total. The molecule has 1 aromatic rings. The van der Waals surface area contributed by atoms with Crippen molar-refractivity contribution in [1.82, 2.24) is 9.88 Å². The lowest BCUT2D eigenvalue weighted by molar-refractivity contribution is 0.184. The van der Waals surface area contributed by atoms with E-state index in [1.165, 1.54) is 0 Å². The number of aromatic nitrogens is 1. The summed E-state index contributed by atoms with van der Waals surface area (Å²) in [6, 6.07) is 4.26. The second-order valence-corrected chi connectivity index (χ2v) is 4.06. The van der Waals surface area contributed by atoms with E-state index in [0.29, 0.717) is 18.5 Å². The van der Waals surface area contributed by atoms with Gasteiger partial charge in [-0.2, -0.15) is 0 Å². The molecule has 0 amide bonds. The van der Waals surface area contributed by atoms with Gasteiger partial charge >= 0.3 is 0 Å². The van der Waals surface area contributed by atoms with Crippen LogP contribution in [0.15, 0.2) is 18.3 Å². The summed E-state index contributed by atoms with van der Waals surface area (Å²) in [5.41, 5.74) is 6.83. The van der Waals surface area contributed by atoms with Gasteiger partial charge < -0.3 is 5.73 Å². The molecule has 0 bridgehead atoms. The highest BCUT2D eigenvalue weighted by Gasteiger charge is 2.22. The quantitative estimate of drug-likeness (QED) is 0.789. The predicted octanol–water partition coefficient (Wildman–Crippen LogP) is 2.31. The molecule has 0 aliphatic rings. The highest BCUT2D eigenvalue weighted by molar-refractivity contribution is 5.40. The van der Waals surface area contributed by atoms with Crippen molar-refractivity contribution in [2.45, 2.75) is 32.9 Å². The highest BCUT2D eigenvalue weighted by Crippen LogP contribution is 2.25. The molecular formula is C12H18N4. The van der Waals surface area contributed by atoms with Gasteiger partial charge in [0.05, 0.1) is 0 Å². The van der Waals surface area contributed by atoms with Crippen LogP contribution in [-0.2, 0) is 0 Å². The third-order valence-corrected chi connectivity index (χ3v) is 2.72. The zero-order valence-corrected chi connectivity index (χ0v) is 10.0. The SMILES string of the molecule is [C-]#[N+]CN(C(C)C)C(C)c1cccnc1N. The van der Waals surface area contributed by atoms with Gasteiger partial charge in [-0.15, -0.1) is 0 Å². The summed E-state index contributed by atoms with van der Waals surface area (Å²) < 4.78 is 0. The Kier molecular flexibility index (Phi) is 4.27. The van der Waals surface area contributed by atoms with Crippen LogP contribution in [0.4, 0.5) is 5.82 Å². The summed E-state index contributed by atoms with van der Waals surface area (Å²) in [4.78, 5) is 9.62. The minimum atomic E-state index is 0.114. The number of nitrogen functional groups attached to an aromatic ring is 1. The summed E-state index contributed by atoms with van der Waals surface area (Å²) in [6.07, 6.45) is 1.68. The Balaban J connectivity index is 2.95. The lowest BCUT2D eigenvalue weighted by Crippen LogP contribution is -2.33. The van der Waals surface area contributed by atoms with Gasteiger partial charge in [0.25, 0.3) is 6.67 Å². The molecule has 86 valence electrons. The van der Waals surface area contributed by atoms with Crippen LogP contribution >= 0.6 is 0 Å². The van der Waals surface area contributed by atoms with Gasteiger partial charge in [-0.05, 0) is 26.8 Å². The van der Waals surface area contributed by atoms with Crippen LogP contribution in [-0.4, -0.2) is 22.6 Å². The molecule has 1 unspecified atom stereocenters. The van der Waals surface area contributed by atoms with E-state index in [1.807, 2.05) is 12.1 Å². The van der Waals surface area contributed by atoms with Gasteiger partial charge in [-0.1, -0.05) is 6.07 Å². The van der Waals surface area contributed by atoms with Crippen LogP contribution in [0.3, 0.4) is 0 Å². The number of anilines is 1. The van der Waals surface area contributed by atoms with Gasteiger partial charge in [-0.25, -0.2) is 16.5 Å². The molecular weight excluding hydrogens is 200 g/mol. The van der Waals surface area contributed by atoms with Crippen molar-refractivity contribution in [3.8, 4) is 0 Å². The first-order valence-corrected chi connectivity index (χ1v) is 5.37. The van der Waals surface area contributed by atoms with E-state index < -0.39 is 0 Å². The summed E-state index contributed by atoms with van der Waals surface area (Å²) in [5.74, 6) is 0.547. The zero-order valence-electron chi connectivity index (χ0n) is 10.0. The minimum Gasteiger partial charge on any atom is -0.383 e. The molecule has 0 spiro atoms. The van der Waals surface area contributed by atoms with Crippen molar-refractivity contribution in [1.29, 1.82) is 0 Å². The van der Waals surface area contributed by atoms with Crippen molar-refractivity contribution in [2.75, 3.05) is 12.4 Å². The molecule has 0 aliphatic heterocycles. The molecule has 1 rings (SSSR count). The van der Waals surface area contributed by atoms with E-state index in [-0.39, 0.29) is 6.04 Å². The van der Waals surface area contributed by atoms with Crippen LogP contribution in [0.1, 0.15) is 32.4 Å². The summed E-state index contributed by atoms with van der Waals surface area (Å²) in [7, 11) is 0. The fourth-order valence-corrected chi connectivity index (χ4v) is 1.78. The molecule has 0 saturated carbocycles. The maximum atomic E-state index is 6.97. The molecule has 0 aliphatic carbocycles. The fourth-order valence-electron chi connectivity index (χ4n) is 1.78. The Morgan fingerprint density at radius 2 is 2.19 bits per heavy atom. The Morgan fingerprint density at radius 1 is 1.50 bits per heavy atom. The lowest BCUT2D eigenvalue weighted by atomic mass is 10.1. The van der Waals surface area contributed by atoms with E-state index in [2.05, 4.69) is 35.5 Å². The van der Waals surface area contributed by atoms with Gasteiger partial charge in [0.2, 0.25) is 0 Å². The number of nitrogens with two attached hydrogens (primary N) is 1. The fraction of sp³-hybridized carbons (Fsp3) is 0.500. The Hall–Kier alpha value is -1.60. The van der Waals surface area contributed by atoms with Gasteiger partial charge in [0.15, 0.2) is 0 Å². The zero-order chi connectivity index (χ0) is 12.1. The van der Waals surface area contributed by atoms with Crippen LogP contribution < -0.4 is 5.73 Å². The third-order valence-electron chi connectivity index (χ3n) is 2.72.